The zero-order valence-electron chi connectivity index (χ0n) is 14.1. The summed E-state index contributed by atoms with van der Waals surface area (Å²) < 4.78 is 27.6. The van der Waals surface area contributed by atoms with Gasteiger partial charge >= 0.3 is 5.97 Å². The quantitative estimate of drug-likeness (QED) is 0.888. The second-order valence-electron chi connectivity index (χ2n) is 6.36. The van der Waals surface area contributed by atoms with Crippen LogP contribution in [0.1, 0.15) is 36.8 Å². The van der Waals surface area contributed by atoms with Crippen molar-refractivity contribution >= 4 is 21.7 Å². The molecule has 0 fully saturated rings. The highest BCUT2D eigenvalue weighted by Crippen LogP contribution is 2.37. The van der Waals surface area contributed by atoms with Gasteiger partial charge < -0.3 is 5.11 Å². The van der Waals surface area contributed by atoms with Gasteiger partial charge in [-0.1, -0.05) is 37.3 Å². The van der Waals surface area contributed by atoms with Crippen LogP contribution in [0, 0.1) is 0 Å². The van der Waals surface area contributed by atoms with E-state index in [9.17, 15) is 13.2 Å². The number of aryl methyl sites for hydroxylation is 1. The predicted octanol–water partition coefficient (Wildman–Crippen LogP) is 3.41. The van der Waals surface area contributed by atoms with Crippen LogP contribution in [0.15, 0.2) is 53.4 Å². The van der Waals surface area contributed by atoms with Gasteiger partial charge in [-0.05, 0) is 48.1 Å². The van der Waals surface area contributed by atoms with Crippen molar-refractivity contribution in [1.29, 1.82) is 0 Å². The molecule has 0 saturated carbocycles. The third-order valence-corrected chi connectivity index (χ3v) is 6.47. The van der Waals surface area contributed by atoms with Gasteiger partial charge in [-0.3, -0.25) is 9.10 Å². The molecule has 0 unspecified atom stereocenters. The van der Waals surface area contributed by atoms with E-state index in [-0.39, 0.29) is 11.3 Å². The van der Waals surface area contributed by atoms with Crippen molar-refractivity contribution in [3.8, 4) is 0 Å². The van der Waals surface area contributed by atoms with E-state index in [0.717, 1.165) is 23.2 Å². The van der Waals surface area contributed by atoms with Gasteiger partial charge in [0, 0.05) is 13.0 Å². The van der Waals surface area contributed by atoms with Crippen LogP contribution < -0.4 is 4.31 Å². The Labute approximate surface area is 148 Å². The smallest absolute Gasteiger partial charge is 0.303 e. The van der Waals surface area contributed by atoms with E-state index in [1.54, 1.807) is 24.3 Å². The molecule has 2 aromatic rings. The van der Waals surface area contributed by atoms with Gasteiger partial charge in [0.2, 0.25) is 0 Å². The van der Waals surface area contributed by atoms with Crippen LogP contribution in [0.2, 0.25) is 0 Å². The van der Waals surface area contributed by atoms with Crippen LogP contribution in [-0.4, -0.2) is 26.0 Å². The Hall–Kier alpha value is -2.34. The standard InChI is InChI=1S/C19H21NO4S/c1-14-12-13-20(18-5-3-2-4-17(14)18)25(23,24)16-9-6-15(7-10-16)8-11-19(21)22/h2-7,9-10,14H,8,11-13H2,1H3,(H,21,22)/t14-/m1/s1. The predicted molar refractivity (Wildman–Crippen MR) is 96.4 cm³/mol. The summed E-state index contributed by atoms with van der Waals surface area (Å²) in [5.41, 5.74) is 2.61. The first kappa shape index (κ1) is 17.5. The van der Waals surface area contributed by atoms with Gasteiger partial charge in [-0.15, -0.1) is 0 Å². The van der Waals surface area contributed by atoms with Crippen LogP contribution >= 0.6 is 0 Å². The molecule has 0 amide bonds. The number of sulfonamides is 1. The van der Waals surface area contributed by atoms with Crippen molar-refractivity contribution in [2.75, 3.05) is 10.8 Å². The number of carboxylic acids is 1. The number of aliphatic carboxylic acids is 1. The molecule has 1 aliphatic rings. The summed E-state index contributed by atoms with van der Waals surface area (Å²) in [6.45, 7) is 2.57. The average molecular weight is 359 g/mol. The molecular formula is C19H21NO4S. The third kappa shape index (κ3) is 3.54. The lowest BCUT2D eigenvalue weighted by Crippen LogP contribution is -2.36. The normalized spacial score (nSPS) is 17.2. The minimum absolute atomic E-state index is 0.0312. The van der Waals surface area contributed by atoms with Gasteiger partial charge in [-0.2, -0.15) is 0 Å². The topological polar surface area (TPSA) is 74.7 Å². The maximum absolute atomic E-state index is 13.1. The molecule has 6 heteroatoms. The first-order chi connectivity index (χ1) is 11.9. The molecule has 25 heavy (non-hydrogen) atoms. The summed E-state index contributed by atoms with van der Waals surface area (Å²) in [5.74, 6) is -0.531. The van der Waals surface area contributed by atoms with Crippen molar-refractivity contribution in [3.05, 3.63) is 59.7 Å². The van der Waals surface area contributed by atoms with Gasteiger partial charge in [-0.25, -0.2) is 8.42 Å². The maximum Gasteiger partial charge on any atom is 0.303 e. The van der Waals surface area contributed by atoms with E-state index in [1.807, 2.05) is 24.3 Å². The highest BCUT2D eigenvalue weighted by Gasteiger charge is 2.31. The van der Waals surface area contributed by atoms with Crippen LogP contribution in [0.25, 0.3) is 0 Å². The SMILES string of the molecule is C[C@@H]1CCN(S(=O)(=O)c2ccc(CCC(=O)O)cc2)c2ccccc21. The molecule has 0 aliphatic carbocycles. The molecule has 1 heterocycles. The number of benzene rings is 2. The zero-order valence-corrected chi connectivity index (χ0v) is 14.9. The minimum atomic E-state index is -3.63. The fourth-order valence-electron chi connectivity index (χ4n) is 3.17. The number of hydrogen-bond acceptors (Lipinski definition) is 3. The zero-order chi connectivity index (χ0) is 18.0. The molecule has 1 atom stereocenters. The number of carbonyl (C=O) groups is 1. The van der Waals surface area contributed by atoms with E-state index >= 15 is 0 Å². The van der Waals surface area contributed by atoms with E-state index in [1.165, 1.54) is 4.31 Å². The number of fused-ring (bicyclic) bond motifs is 1. The van der Waals surface area contributed by atoms with Crippen LogP contribution in [0.5, 0.6) is 0 Å². The first-order valence-electron chi connectivity index (χ1n) is 8.32. The monoisotopic (exact) mass is 359 g/mol. The molecule has 1 aliphatic heterocycles. The molecule has 1 N–H and O–H groups in total. The van der Waals surface area contributed by atoms with Crippen LogP contribution in [0.3, 0.4) is 0 Å². The lowest BCUT2D eigenvalue weighted by atomic mass is 9.93. The molecule has 132 valence electrons. The summed E-state index contributed by atoms with van der Waals surface area (Å²) in [6, 6.07) is 14.1. The van der Waals surface area contributed by atoms with Gasteiger partial charge in [0.1, 0.15) is 0 Å². The first-order valence-corrected chi connectivity index (χ1v) is 9.76. The van der Waals surface area contributed by atoms with Gasteiger partial charge in [0.25, 0.3) is 10.0 Å². The Kier molecular flexibility index (Phi) is 4.81. The Bertz CT molecular complexity index is 875. The molecule has 5 nitrogen and oxygen atoms in total. The van der Waals surface area contributed by atoms with Crippen molar-refractivity contribution < 1.29 is 18.3 Å². The largest absolute Gasteiger partial charge is 0.481 e. The van der Waals surface area contributed by atoms with Crippen molar-refractivity contribution in [3.63, 3.8) is 0 Å². The molecule has 0 spiro atoms. The van der Waals surface area contributed by atoms with Crippen LogP contribution in [-0.2, 0) is 21.2 Å². The van der Waals surface area contributed by atoms with E-state index in [2.05, 4.69) is 6.92 Å². The third-order valence-electron chi connectivity index (χ3n) is 4.64. The average Bonchev–Trinajstić information content (AvgIpc) is 2.60. The van der Waals surface area contributed by atoms with Crippen molar-refractivity contribution in [2.24, 2.45) is 0 Å². The van der Waals surface area contributed by atoms with Crippen molar-refractivity contribution in [2.45, 2.75) is 37.0 Å². The fraction of sp³-hybridized carbons (Fsp3) is 0.316. The lowest BCUT2D eigenvalue weighted by Gasteiger charge is -2.33. The number of para-hydroxylation sites is 1. The Morgan fingerprint density at radius 2 is 1.84 bits per heavy atom. The summed E-state index contributed by atoms with van der Waals surface area (Å²) in [4.78, 5) is 10.9. The number of anilines is 1. The van der Waals surface area contributed by atoms with E-state index in [4.69, 9.17) is 5.11 Å². The highest BCUT2D eigenvalue weighted by atomic mass is 32.2. The van der Waals surface area contributed by atoms with Gasteiger partial charge in [0.15, 0.2) is 0 Å². The molecule has 0 saturated heterocycles. The number of nitrogens with zero attached hydrogens (tertiary/aromatic N) is 1. The highest BCUT2D eigenvalue weighted by molar-refractivity contribution is 7.92. The molecule has 3 rings (SSSR count). The maximum atomic E-state index is 13.1. The van der Waals surface area contributed by atoms with Crippen molar-refractivity contribution in [1.82, 2.24) is 0 Å². The summed E-state index contributed by atoms with van der Waals surface area (Å²) in [5, 5.41) is 8.74. The lowest BCUT2D eigenvalue weighted by molar-refractivity contribution is -0.136. The summed E-state index contributed by atoms with van der Waals surface area (Å²) in [7, 11) is -3.63. The molecular weight excluding hydrogens is 338 g/mol. The Balaban J connectivity index is 1.89. The number of carboxylic acid groups (broad SMARTS) is 1. The number of rotatable bonds is 5. The summed E-state index contributed by atoms with van der Waals surface area (Å²) in [6.07, 6.45) is 1.20. The Morgan fingerprint density at radius 3 is 2.52 bits per heavy atom. The second kappa shape index (κ2) is 6.88. The molecule has 0 bridgehead atoms. The summed E-state index contributed by atoms with van der Waals surface area (Å²) >= 11 is 0. The molecule has 2 aromatic carbocycles. The minimum Gasteiger partial charge on any atom is -0.481 e. The fourth-order valence-corrected chi connectivity index (χ4v) is 4.68. The van der Waals surface area contributed by atoms with E-state index < -0.39 is 16.0 Å². The number of hydrogen-bond donors (Lipinski definition) is 1. The van der Waals surface area contributed by atoms with Gasteiger partial charge in [0.05, 0.1) is 10.6 Å². The molecule has 0 radical (unpaired) electrons. The van der Waals surface area contributed by atoms with E-state index in [0.29, 0.717) is 18.9 Å². The molecule has 0 aromatic heterocycles. The van der Waals surface area contributed by atoms with Crippen LogP contribution in [0.4, 0.5) is 5.69 Å². The Morgan fingerprint density at radius 1 is 1.16 bits per heavy atom. The second-order valence-corrected chi connectivity index (χ2v) is 8.23.